The monoisotopic (exact) mass is 203 g/mol. The summed E-state index contributed by atoms with van der Waals surface area (Å²) in [6.07, 6.45) is 4.20. The summed E-state index contributed by atoms with van der Waals surface area (Å²) >= 11 is 0. The number of benzene rings is 1. The third kappa shape index (κ3) is 2.19. The van der Waals surface area contributed by atoms with E-state index in [0.29, 0.717) is 6.04 Å². The number of para-hydroxylation sites is 1. The molecule has 1 unspecified atom stereocenters. The molecule has 2 aromatic rings. The Morgan fingerprint density at radius 1 is 1.40 bits per heavy atom. The van der Waals surface area contributed by atoms with Crippen molar-refractivity contribution < 1.29 is 0 Å². The number of nitrogens with two attached hydrogens (primary N) is 1. The molecule has 3 nitrogen and oxygen atoms in total. The van der Waals surface area contributed by atoms with Gasteiger partial charge in [-0.1, -0.05) is 18.2 Å². The highest BCUT2D eigenvalue weighted by Crippen LogP contribution is 2.19. The molecular weight excluding hydrogens is 186 g/mol. The molecular formula is C12H17N3. The van der Waals surface area contributed by atoms with Crippen LogP contribution in [-0.2, 0) is 6.42 Å². The number of aromatic nitrogens is 1. The van der Waals surface area contributed by atoms with Crippen molar-refractivity contribution in [2.45, 2.75) is 25.8 Å². The molecule has 0 radical (unpaired) electrons. The maximum Gasteiger partial charge on any atom is 0.0456 e. The first kappa shape index (κ1) is 10.2. The summed E-state index contributed by atoms with van der Waals surface area (Å²) in [5, 5.41) is 1.32. The van der Waals surface area contributed by atoms with E-state index in [-0.39, 0.29) is 0 Å². The van der Waals surface area contributed by atoms with Crippen LogP contribution in [0.3, 0.4) is 0 Å². The Balaban J connectivity index is 2.14. The normalized spacial score (nSPS) is 13.2. The van der Waals surface area contributed by atoms with Crippen LogP contribution in [0.5, 0.6) is 0 Å². The van der Waals surface area contributed by atoms with E-state index >= 15 is 0 Å². The smallest absolute Gasteiger partial charge is 0.0456 e. The molecule has 80 valence electrons. The molecule has 1 aromatic carbocycles. The Morgan fingerprint density at radius 2 is 2.20 bits per heavy atom. The van der Waals surface area contributed by atoms with E-state index in [0.717, 1.165) is 12.8 Å². The van der Waals surface area contributed by atoms with Crippen LogP contribution in [0.2, 0.25) is 0 Å². The molecule has 15 heavy (non-hydrogen) atoms. The molecule has 1 atom stereocenters. The largest absolute Gasteiger partial charge is 0.361 e. The highest BCUT2D eigenvalue weighted by molar-refractivity contribution is 5.82. The van der Waals surface area contributed by atoms with Gasteiger partial charge in [-0.25, -0.2) is 0 Å². The average Bonchev–Trinajstić information content (AvgIpc) is 2.69. The van der Waals surface area contributed by atoms with Crippen LogP contribution in [-0.4, -0.2) is 11.0 Å². The third-order valence-corrected chi connectivity index (χ3v) is 2.81. The highest BCUT2D eigenvalue weighted by atomic mass is 15.2. The molecule has 0 fully saturated rings. The van der Waals surface area contributed by atoms with Crippen molar-refractivity contribution in [3.63, 3.8) is 0 Å². The predicted molar refractivity (Wildman–Crippen MR) is 63.4 cm³/mol. The van der Waals surface area contributed by atoms with Gasteiger partial charge in [-0.2, -0.15) is 0 Å². The van der Waals surface area contributed by atoms with Crippen LogP contribution in [0.15, 0.2) is 30.5 Å². The second kappa shape index (κ2) is 4.47. The minimum atomic E-state index is 0.360. The zero-order valence-electron chi connectivity index (χ0n) is 8.96. The molecule has 1 aromatic heterocycles. The predicted octanol–water partition coefficient (Wildman–Crippen LogP) is 1.95. The van der Waals surface area contributed by atoms with Crippen molar-refractivity contribution in [1.82, 2.24) is 10.4 Å². The van der Waals surface area contributed by atoms with E-state index in [1.807, 2.05) is 6.07 Å². The summed E-state index contributed by atoms with van der Waals surface area (Å²) in [4.78, 5) is 3.28. The Morgan fingerprint density at radius 3 is 3.00 bits per heavy atom. The van der Waals surface area contributed by atoms with Crippen LogP contribution in [0, 0.1) is 0 Å². The Hall–Kier alpha value is -1.32. The highest BCUT2D eigenvalue weighted by Gasteiger charge is 2.04. The minimum absolute atomic E-state index is 0.360. The van der Waals surface area contributed by atoms with Crippen molar-refractivity contribution in [3.05, 3.63) is 36.0 Å². The SMILES string of the molecule is CC(CCc1c[nH]c2ccccc12)NN. The molecule has 3 heteroatoms. The molecule has 0 spiro atoms. The van der Waals surface area contributed by atoms with E-state index in [1.54, 1.807) is 0 Å². The maximum absolute atomic E-state index is 5.37. The number of aromatic amines is 1. The number of fused-ring (bicyclic) bond motifs is 1. The first-order valence-corrected chi connectivity index (χ1v) is 5.32. The number of aryl methyl sites for hydroxylation is 1. The molecule has 0 aliphatic carbocycles. The van der Waals surface area contributed by atoms with Gasteiger partial charge >= 0.3 is 0 Å². The zero-order chi connectivity index (χ0) is 10.7. The second-order valence-corrected chi connectivity index (χ2v) is 3.97. The van der Waals surface area contributed by atoms with E-state index in [1.165, 1.54) is 16.5 Å². The van der Waals surface area contributed by atoms with Crippen LogP contribution in [0.1, 0.15) is 18.9 Å². The first-order valence-electron chi connectivity index (χ1n) is 5.32. The van der Waals surface area contributed by atoms with Gasteiger partial charge in [0.05, 0.1) is 0 Å². The molecule has 0 aliphatic heterocycles. The fraction of sp³-hybridized carbons (Fsp3) is 0.333. The number of rotatable bonds is 4. The minimum Gasteiger partial charge on any atom is -0.361 e. The molecule has 1 heterocycles. The average molecular weight is 203 g/mol. The number of nitrogens with one attached hydrogen (secondary N) is 2. The molecule has 2 rings (SSSR count). The van der Waals surface area contributed by atoms with Crippen molar-refractivity contribution in [2.24, 2.45) is 5.84 Å². The fourth-order valence-electron chi connectivity index (χ4n) is 1.79. The lowest BCUT2D eigenvalue weighted by Crippen LogP contribution is -2.32. The molecule has 0 saturated heterocycles. The number of hydrogen-bond donors (Lipinski definition) is 3. The molecule has 4 N–H and O–H groups in total. The second-order valence-electron chi connectivity index (χ2n) is 3.97. The van der Waals surface area contributed by atoms with Gasteiger partial charge in [0, 0.05) is 23.1 Å². The number of H-pyrrole nitrogens is 1. The molecule has 0 amide bonds. The van der Waals surface area contributed by atoms with Gasteiger partial charge in [-0.05, 0) is 31.4 Å². The van der Waals surface area contributed by atoms with Gasteiger partial charge in [-0.15, -0.1) is 0 Å². The van der Waals surface area contributed by atoms with Crippen LogP contribution in [0.25, 0.3) is 10.9 Å². The van der Waals surface area contributed by atoms with Crippen LogP contribution < -0.4 is 11.3 Å². The third-order valence-electron chi connectivity index (χ3n) is 2.81. The lowest BCUT2D eigenvalue weighted by atomic mass is 10.1. The molecule has 0 bridgehead atoms. The fourth-order valence-corrected chi connectivity index (χ4v) is 1.79. The lowest BCUT2D eigenvalue weighted by Gasteiger charge is -2.08. The molecule has 0 aliphatic rings. The maximum atomic E-state index is 5.37. The standard InChI is InChI=1S/C12H17N3/c1-9(15-13)6-7-10-8-14-12-5-3-2-4-11(10)12/h2-5,8-9,14-15H,6-7,13H2,1H3. The molecule has 0 saturated carbocycles. The summed E-state index contributed by atoms with van der Waals surface area (Å²) in [5.41, 5.74) is 5.34. The van der Waals surface area contributed by atoms with Crippen molar-refractivity contribution >= 4 is 10.9 Å². The number of hydrogen-bond acceptors (Lipinski definition) is 2. The van der Waals surface area contributed by atoms with Crippen LogP contribution >= 0.6 is 0 Å². The van der Waals surface area contributed by atoms with Crippen LogP contribution in [0.4, 0.5) is 0 Å². The van der Waals surface area contributed by atoms with Gasteiger partial charge in [-0.3, -0.25) is 11.3 Å². The first-order chi connectivity index (χ1) is 7.31. The van der Waals surface area contributed by atoms with Gasteiger partial charge < -0.3 is 4.98 Å². The van der Waals surface area contributed by atoms with Gasteiger partial charge in [0.15, 0.2) is 0 Å². The van der Waals surface area contributed by atoms with Crippen molar-refractivity contribution in [3.8, 4) is 0 Å². The van der Waals surface area contributed by atoms with E-state index in [2.05, 4.69) is 41.7 Å². The lowest BCUT2D eigenvalue weighted by molar-refractivity contribution is 0.533. The van der Waals surface area contributed by atoms with Gasteiger partial charge in [0.2, 0.25) is 0 Å². The van der Waals surface area contributed by atoms with Crippen molar-refractivity contribution in [2.75, 3.05) is 0 Å². The summed E-state index contributed by atoms with van der Waals surface area (Å²) in [6.45, 7) is 2.09. The topological polar surface area (TPSA) is 53.8 Å². The van der Waals surface area contributed by atoms with E-state index in [4.69, 9.17) is 5.84 Å². The van der Waals surface area contributed by atoms with Crippen molar-refractivity contribution in [1.29, 1.82) is 0 Å². The Labute approximate surface area is 89.6 Å². The van der Waals surface area contributed by atoms with Gasteiger partial charge in [0.1, 0.15) is 0 Å². The summed E-state index contributed by atoms with van der Waals surface area (Å²) in [5.74, 6) is 5.37. The Bertz CT molecular complexity index is 433. The zero-order valence-corrected chi connectivity index (χ0v) is 8.96. The quantitative estimate of drug-likeness (QED) is 0.525. The van der Waals surface area contributed by atoms with Gasteiger partial charge in [0.25, 0.3) is 0 Å². The summed E-state index contributed by atoms with van der Waals surface area (Å²) < 4.78 is 0. The summed E-state index contributed by atoms with van der Waals surface area (Å²) in [7, 11) is 0. The Kier molecular flexibility index (Phi) is 3.04. The van der Waals surface area contributed by atoms with E-state index < -0.39 is 0 Å². The summed E-state index contributed by atoms with van der Waals surface area (Å²) in [6, 6.07) is 8.74. The van der Waals surface area contributed by atoms with E-state index in [9.17, 15) is 0 Å². The number of hydrazine groups is 1.